The molecule has 0 fully saturated rings. The summed E-state index contributed by atoms with van der Waals surface area (Å²) in [5.74, 6) is 1.23. The van der Waals surface area contributed by atoms with E-state index in [2.05, 4.69) is 10.3 Å². The van der Waals surface area contributed by atoms with Gasteiger partial charge in [0.05, 0.1) is 30.7 Å². The molecule has 0 aromatic carbocycles. The summed E-state index contributed by atoms with van der Waals surface area (Å²) < 4.78 is 12.3. The molecule has 0 radical (unpaired) electrons. The second-order valence-corrected chi connectivity index (χ2v) is 4.58. The highest BCUT2D eigenvalue weighted by atomic mass is 16.5. The lowest BCUT2D eigenvalue weighted by atomic mass is 10.2. The van der Waals surface area contributed by atoms with E-state index in [9.17, 15) is 4.79 Å². The number of aryl methyl sites for hydroxylation is 2. The van der Waals surface area contributed by atoms with Gasteiger partial charge in [0.2, 0.25) is 0 Å². The number of methoxy groups -OCH3 is 1. The number of furan rings is 1. The first kappa shape index (κ1) is 14.3. The fraction of sp³-hybridized carbons (Fsp3) is 0.429. The van der Waals surface area contributed by atoms with E-state index in [4.69, 9.17) is 9.15 Å². The van der Waals surface area contributed by atoms with Crippen molar-refractivity contribution in [3.8, 4) is 0 Å². The first-order valence-electron chi connectivity index (χ1n) is 6.45. The van der Waals surface area contributed by atoms with Crippen LogP contribution >= 0.6 is 0 Å². The lowest BCUT2D eigenvalue weighted by molar-refractivity contribution is 0.0948. The molecular weight excluding hydrogens is 258 g/mol. The molecule has 0 bridgehead atoms. The number of hydrogen-bond donors (Lipinski definition) is 1. The zero-order chi connectivity index (χ0) is 14.5. The smallest absolute Gasteiger partial charge is 0.255 e. The number of nitrogens with zero attached hydrogens (tertiary/aromatic N) is 2. The molecule has 0 aliphatic carbocycles. The molecule has 2 aromatic heterocycles. The van der Waals surface area contributed by atoms with Crippen LogP contribution in [0.25, 0.3) is 0 Å². The summed E-state index contributed by atoms with van der Waals surface area (Å²) in [6, 6.07) is 1.74. The van der Waals surface area contributed by atoms with Crippen LogP contribution in [0.2, 0.25) is 0 Å². The van der Waals surface area contributed by atoms with Crippen LogP contribution in [0.4, 0.5) is 0 Å². The van der Waals surface area contributed by atoms with Gasteiger partial charge in [-0.05, 0) is 19.9 Å². The van der Waals surface area contributed by atoms with Crippen LogP contribution in [-0.4, -0.2) is 29.2 Å². The van der Waals surface area contributed by atoms with Gasteiger partial charge < -0.3 is 19.0 Å². The molecule has 0 saturated carbocycles. The average molecular weight is 277 g/mol. The van der Waals surface area contributed by atoms with Crippen molar-refractivity contribution in [2.75, 3.05) is 13.7 Å². The maximum absolute atomic E-state index is 12.1. The molecule has 6 heteroatoms. The SMILES string of the molecule is COCCn1cncc1CNC(=O)c1cc(C)oc1C. The van der Waals surface area contributed by atoms with Crippen LogP contribution in [-0.2, 0) is 17.8 Å². The minimum Gasteiger partial charge on any atom is -0.466 e. The lowest BCUT2D eigenvalue weighted by Gasteiger charge is -2.08. The lowest BCUT2D eigenvalue weighted by Crippen LogP contribution is -2.24. The first-order chi connectivity index (χ1) is 9.61. The highest BCUT2D eigenvalue weighted by Crippen LogP contribution is 2.13. The number of nitrogens with one attached hydrogen (secondary N) is 1. The predicted octanol–water partition coefficient (Wildman–Crippen LogP) is 1.67. The van der Waals surface area contributed by atoms with E-state index in [0.29, 0.717) is 31.0 Å². The fourth-order valence-electron chi connectivity index (χ4n) is 2.01. The topological polar surface area (TPSA) is 69.3 Å². The van der Waals surface area contributed by atoms with Crippen molar-refractivity contribution in [1.29, 1.82) is 0 Å². The zero-order valence-corrected chi connectivity index (χ0v) is 12.0. The molecular formula is C14H19N3O3. The van der Waals surface area contributed by atoms with Crippen molar-refractivity contribution in [2.45, 2.75) is 26.9 Å². The average Bonchev–Trinajstić information content (AvgIpc) is 2.99. The first-order valence-corrected chi connectivity index (χ1v) is 6.45. The van der Waals surface area contributed by atoms with E-state index < -0.39 is 0 Å². The van der Waals surface area contributed by atoms with Crippen LogP contribution in [0.5, 0.6) is 0 Å². The molecule has 20 heavy (non-hydrogen) atoms. The van der Waals surface area contributed by atoms with Crippen LogP contribution in [0.3, 0.4) is 0 Å². The summed E-state index contributed by atoms with van der Waals surface area (Å²) in [5, 5.41) is 2.87. The molecule has 0 atom stereocenters. The summed E-state index contributed by atoms with van der Waals surface area (Å²) in [4.78, 5) is 16.2. The number of rotatable bonds is 6. The Morgan fingerprint density at radius 3 is 2.95 bits per heavy atom. The van der Waals surface area contributed by atoms with E-state index in [-0.39, 0.29) is 5.91 Å². The molecule has 1 N–H and O–H groups in total. The van der Waals surface area contributed by atoms with E-state index in [0.717, 1.165) is 11.5 Å². The predicted molar refractivity (Wildman–Crippen MR) is 73.5 cm³/mol. The molecule has 2 aromatic rings. The van der Waals surface area contributed by atoms with Gasteiger partial charge in [-0.3, -0.25) is 4.79 Å². The van der Waals surface area contributed by atoms with Crippen molar-refractivity contribution in [2.24, 2.45) is 0 Å². The Morgan fingerprint density at radius 2 is 2.30 bits per heavy atom. The number of aromatic nitrogens is 2. The second-order valence-electron chi connectivity index (χ2n) is 4.58. The van der Waals surface area contributed by atoms with E-state index >= 15 is 0 Å². The number of imidazole rings is 1. The van der Waals surface area contributed by atoms with Crippen molar-refractivity contribution in [1.82, 2.24) is 14.9 Å². The molecule has 1 amide bonds. The molecule has 0 spiro atoms. The van der Waals surface area contributed by atoms with Gasteiger partial charge >= 0.3 is 0 Å². The van der Waals surface area contributed by atoms with Crippen LogP contribution < -0.4 is 5.32 Å². The minimum absolute atomic E-state index is 0.140. The van der Waals surface area contributed by atoms with Gasteiger partial charge in [-0.1, -0.05) is 0 Å². The largest absolute Gasteiger partial charge is 0.466 e. The standard InChI is InChI=1S/C14H19N3O3/c1-10-6-13(11(2)20-10)14(18)16-8-12-7-15-9-17(12)4-5-19-3/h6-7,9H,4-5,8H2,1-3H3,(H,16,18). The number of amides is 1. The van der Waals surface area contributed by atoms with Crippen molar-refractivity contribution in [3.63, 3.8) is 0 Å². The Kier molecular flexibility index (Phi) is 4.57. The maximum Gasteiger partial charge on any atom is 0.255 e. The third-order valence-electron chi connectivity index (χ3n) is 3.05. The Hall–Kier alpha value is -2.08. The highest BCUT2D eigenvalue weighted by Gasteiger charge is 2.13. The van der Waals surface area contributed by atoms with Gasteiger partial charge in [0, 0.05) is 19.9 Å². The van der Waals surface area contributed by atoms with Crippen LogP contribution in [0, 0.1) is 13.8 Å². The number of hydrogen-bond acceptors (Lipinski definition) is 4. The Labute approximate surface area is 117 Å². The Bertz CT molecular complexity index is 586. The quantitative estimate of drug-likeness (QED) is 0.872. The van der Waals surface area contributed by atoms with Crippen molar-refractivity contribution < 1.29 is 13.9 Å². The van der Waals surface area contributed by atoms with Crippen molar-refractivity contribution >= 4 is 5.91 Å². The molecule has 6 nitrogen and oxygen atoms in total. The van der Waals surface area contributed by atoms with Gasteiger partial charge in [0.1, 0.15) is 11.5 Å². The molecule has 108 valence electrons. The van der Waals surface area contributed by atoms with Gasteiger partial charge in [-0.25, -0.2) is 4.98 Å². The third-order valence-corrected chi connectivity index (χ3v) is 3.05. The Morgan fingerprint density at radius 1 is 1.50 bits per heavy atom. The van der Waals surface area contributed by atoms with Gasteiger partial charge in [-0.15, -0.1) is 0 Å². The van der Waals surface area contributed by atoms with E-state index in [1.165, 1.54) is 0 Å². The summed E-state index contributed by atoms with van der Waals surface area (Å²) in [7, 11) is 1.66. The second kappa shape index (κ2) is 6.38. The van der Waals surface area contributed by atoms with E-state index in [1.807, 2.05) is 11.5 Å². The van der Waals surface area contributed by atoms with Crippen LogP contribution in [0.1, 0.15) is 27.6 Å². The summed E-state index contributed by atoms with van der Waals surface area (Å²) >= 11 is 0. The molecule has 0 aliphatic rings. The van der Waals surface area contributed by atoms with E-state index in [1.54, 1.807) is 32.6 Å². The molecule has 2 rings (SSSR count). The van der Waals surface area contributed by atoms with Gasteiger partial charge in [0.25, 0.3) is 5.91 Å². The van der Waals surface area contributed by atoms with Crippen molar-refractivity contribution in [3.05, 3.63) is 41.4 Å². The maximum atomic E-state index is 12.1. The third kappa shape index (κ3) is 3.27. The molecule has 2 heterocycles. The van der Waals surface area contributed by atoms with Gasteiger partial charge in [0.15, 0.2) is 0 Å². The van der Waals surface area contributed by atoms with Crippen LogP contribution in [0.15, 0.2) is 23.0 Å². The molecule has 0 unspecified atom stereocenters. The fourth-order valence-corrected chi connectivity index (χ4v) is 2.01. The van der Waals surface area contributed by atoms with Gasteiger partial charge in [-0.2, -0.15) is 0 Å². The normalized spacial score (nSPS) is 10.8. The minimum atomic E-state index is -0.140. The molecule has 0 aliphatic heterocycles. The summed E-state index contributed by atoms with van der Waals surface area (Å²) in [5.41, 5.74) is 1.51. The summed E-state index contributed by atoms with van der Waals surface area (Å²) in [6.07, 6.45) is 3.47. The summed E-state index contributed by atoms with van der Waals surface area (Å²) in [6.45, 7) is 5.35. The monoisotopic (exact) mass is 277 g/mol. The number of ether oxygens (including phenoxy) is 1. The zero-order valence-electron chi connectivity index (χ0n) is 12.0. The highest BCUT2D eigenvalue weighted by molar-refractivity contribution is 5.95. The number of carbonyl (C=O) groups excluding carboxylic acids is 1. The molecule has 0 saturated heterocycles. The number of carbonyl (C=O) groups is 1. The Balaban J connectivity index is 1.97.